The van der Waals surface area contributed by atoms with Gasteiger partial charge in [0.05, 0.1) is 11.4 Å². The zero-order valence-corrected chi connectivity index (χ0v) is 10.1. The van der Waals surface area contributed by atoms with Crippen molar-refractivity contribution in [2.75, 3.05) is 6.54 Å². The number of rotatable bonds is 2. The zero-order chi connectivity index (χ0) is 11.0. The van der Waals surface area contributed by atoms with Crippen LogP contribution in [0.5, 0.6) is 0 Å². The summed E-state index contributed by atoms with van der Waals surface area (Å²) in [7, 11) is 0. The Hall–Kier alpha value is -1.13. The van der Waals surface area contributed by atoms with E-state index < -0.39 is 0 Å². The number of thiazole rings is 1. The van der Waals surface area contributed by atoms with Crippen molar-refractivity contribution >= 4 is 22.4 Å². The monoisotopic (exact) mass is 221 g/mol. The van der Waals surface area contributed by atoms with Crippen LogP contribution in [0.15, 0.2) is 11.8 Å². The van der Waals surface area contributed by atoms with Gasteiger partial charge in [-0.3, -0.25) is 4.40 Å². The standard InChI is InChI=1S/C11H15N3S/c1-7(5-12)4-10-9(3)13-11-14(10)6-8(2)15-11/h4,6H,5,12H2,1-3H3. The summed E-state index contributed by atoms with van der Waals surface area (Å²) in [4.78, 5) is 6.85. The van der Waals surface area contributed by atoms with Crippen molar-refractivity contribution in [1.82, 2.24) is 9.38 Å². The van der Waals surface area contributed by atoms with Crippen molar-refractivity contribution in [3.8, 4) is 0 Å². The highest BCUT2D eigenvalue weighted by Gasteiger charge is 2.08. The summed E-state index contributed by atoms with van der Waals surface area (Å²) in [5.41, 5.74) is 8.98. The Bertz CT molecular complexity index is 519. The third kappa shape index (κ3) is 1.82. The maximum absolute atomic E-state index is 5.59. The normalized spacial score (nSPS) is 12.7. The lowest BCUT2D eigenvalue weighted by Gasteiger charge is -1.97. The van der Waals surface area contributed by atoms with Crippen LogP contribution < -0.4 is 5.73 Å². The van der Waals surface area contributed by atoms with Crippen molar-refractivity contribution in [2.24, 2.45) is 5.73 Å². The van der Waals surface area contributed by atoms with Crippen LogP contribution in [0, 0.1) is 13.8 Å². The molecule has 2 rings (SSSR count). The Balaban J connectivity index is 2.62. The lowest BCUT2D eigenvalue weighted by Crippen LogP contribution is -2.00. The number of imidazole rings is 1. The second-order valence-corrected chi connectivity index (χ2v) is 4.98. The van der Waals surface area contributed by atoms with Gasteiger partial charge >= 0.3 is 0 Å². The lowest BCUT2D eigenvalue weighted by atomic mass is 10.2. The molecule has 0 radical (unpaired) electrons. The van der Waals surface area contributed by atoms with E-state index in [1.54, 1.807) is 11.3 Å². The molecule has 0 bridgehead atoms. The van der Waals surface area contributed by atoms with Gasteiger partial charge in [0.2, 0.25) is 0 Å². The molecule has 2 aromatic rings. The number of hydrogen-bond acceptors (Lipinski definition) is 3. The predicted molar refractivity (Wildman–Crippen MR) is 65.2 cm³/mol. The Kier molecular flexibility index (Phi) is 2.63. The molecule has 0 saturated heterocycles. The number of hydrogen-bond donors (Lipinski definition) is 1. The summed E-state index contributed by atoms with van der Waals surface area (Å²) >= 11 is 1.71. The summed E-state index contributed by atoms with van der Waals surface area (Å²) in [5.74, 6) is 0. The second-order valence-electron chi connectivity index (χ2n) is 3.77. The van der Waals surface area contributed by atoms with Crippen LogP contribution in [-0.2, 0) is 0 Å². The topological polar surface area (TPSA) is 43.3 Å². The first kappa shape index (κ1) is 10.4. The summed E-state index contributed by atoms with van der Waals surface area (Å²) in [6.07, 6.45) is 4.23. The minimum Gasteiger partial charge on any atom is -0.327 e. The molecular formula is C11H15N3S. The molecule has 0 amide bonds. The fourth-order valence-corrected chi connectivity index (χ4v) is 2.43. The molecule has 80 valence electrons. The maximum Gasteiger partial charge on any atom is 0.194 e. The van der Waals surface area contributed by atoms with Crippen molar-refractivity contribution in [3.63, 3.8) is 0 Å². The molecule has 0 aliphatic carbocycles. The molecule has 3 nitrogen and oxygen atoms in total. The Labute approximate surface area is 93.2 Å². The lowest BCUT2D eigenvalue weighted by molar-refractivity contribution is 1.13. The zero-order valence-electron chi connectivity index (χ0n) is 9.24. The Morgan fingerprint density at radius 3 is 3.00 bits per heavy atom. The number of nitrogens with zero attached hydrogens (tertiary/aromatic N) is 2. The van der Waals surface area contributed by atoms with E-state index >= 15 is 0 Å². The van der Waals surface area contributed by atoms with Gasteiger partial charge in [0, 0.05) is 17.6 Å². The molecule has 15 heavy (non-hydrogen) atoms. The van der Waals surface area contributed by atoms with Gasteiger partial charge in [-0.2, -0.15) is 0 Å². The Morgan fingerprint density at radius 1 is 1.60 bits per heavy atom. The van der Waals surface area contributed by atoms with Gasteiger partial charge < -0.3 is 5.73 Å². The minimum atomic E-state index is 0.593. The molecular weight excluding hydrogens is 206 g/mol. The van der Waals surface area contributed by atoms with Gasteiger partial charge in [0.1, 0.15) is 0 Å². The second kappa shape index (κ2) is 3.79. The van der Waals surface area contributed by atoms with E-state index in [0.717, 1.165) is 16.3 Å². The quantitative estimate of drug-likeness (QED) is 0.846. The molecule has 0 atom stereocenters. The molecule has 0 aromatic carbocycles. The highest BCUT2D eigenvalue weighted by molar-refractivity contribution is 7.17. The maximum atomic E-state index is 5.59. The highest BCUT2D eigenvalue weighted by atomic mass is 32.1. The molecule has 0 unspecified atom stereocenters. The molecule has 2 heterocycles. The molecule has 4 heteroatoms. The number of aromatic nitrogens is 2. The van der Waals surface area contributed by atoms with Gasteiger partial charge in [0.25, 0.3) is 0 Å². The molecule has 2 N–H and O–H groups in total. The van der Waals surface area contributed by atoms with Gasteiger partial charge in [-0.05, 0) is 26.8 Å². The van der Waals surface area contributed by atoms with Crippen molar-refractivity contribution in [3.05, 3.63) is 28.0 Å². The molecule has 0 spiro atoms. The predicted octanol–water partition coefficient (Wildman–Crippen LogP) is 2.37. The van der Waals surface area contributed by atoms with Crippen LogP contribution in [0.2, 0.25) is 0 Å². The van der Waals surface area contributed by atoms with E-state index in [2.05, 4.69) is 28.6 Å². The minimum absolute atomic E-state index is 0.593. The molecule has 0 aliphatic rings. The first-order chi connectivity index (χ1) is 7.11. The average molecular weight is 221 g/mol. The van der Waals surface area contributed by atoms with Crippen LogP contribution >= 0.6 is 11.3 Å². The van der Waals surface area contributed by atoms with Crippen LogP contribution in [0.25, 0.3) is 11.0 Å². The van der Waals surface area contributed by atoms with Gasteiger partial charge in [-0.1, -0.05) is 5.57 Å². The first-order valence-electron chi connectivity index (χ1n) is 4.94. The van der Waals surface area contributed by atoms with Gasteiger partial charge in [-0.15, -0.1) is 11.3 Å². The number of fused-ring (bicyclic) bond motifs is 1. The first-order valence-corrected chi connectivity index (χ1v) is 5.76. The van der Waals surface area contributed by atoms with Crippen molar-refractivity contribution in [2.45, 2.75) is 20.8 Å². The average Bonchev–Trinajstić information content (AvgIpc) is 2.65. The fraction of sp³-hybridized carbons (Fsp3) is 0.364. The third-order valence-corrected chi connectivity index (χ3v) is 3.27. The van der Waals surface area contributed by atoms with Crippen LogP contribution in [0.1, 0.15) is 23.2 Å². The summed E-state index contributed by atoms with van der Waals surface area (Å²) in [6, 6.07) is 0. The SMILES string of the molecule is CC(=Cc1c(C)nc2sc(C)cn12)CN. The van der Waals surface area contributed by atoms with Crippen molar-refractivity contribution in [1.29, 1.82) is 0 Å². The summed E-state index contributed by atoms with van der Waals surface area (Å²) in [5, 5.41) is 0. The van der Waals surface area contributed by atoms with E-state index in [1.165, 1.54) is 10.5 Å². The van der Waals surface area contributed by atoms with E-state index in [4.69, 9.17) is 5.73 Å². The van der Waals surface area contributed by atoms with Crippen molar-refractivity contribution < 1.29 is 0 Å². The fourth-order valence-electron chi connectivity index (χ4n) is 1.55. The third-order valence-electron chi connectivity index (χ3n) is 2.37. The van der Waals surface area contributed by atoms with Crippen LogP contribution in [0.4, 0.5) is 0 Å². The summed E-state index contributed by atoms with van der Waals surface area (Å²) < 4.78 is 2.13. The van der Waals surface area contributed by atoms with Gasteiger partial charge in [0.15, 0.2) is 4.96 Å². The smallest absolute Gasteiger partial charge is 0.194 e. The van der Waals surface area contributed by atoms with Gasteiger partial charge in [-0.25, -0.2) is 4.98 Å². The van der Waals surface area contributed by atoms with E-state index in [1.807, 2.05) is 13.8 Å². The molecule has 0 saturated carbocycles. The molecule has 2 aromatic heterocycles. The number of aryl methyl sites for hydroxylation is 2. The van der Waals surface area contributed by atoms with E-state index in [9.17, 15) is 0 Å². The van der Waals surface area contributed by atoms with E-state index in [-0.39, 0.29) is 0 Å². The van der Waals surface area contributed by atoms with Crippen LogP contribution in [-0.4, -0.2) is 15.9 Å². The highest BCUT2D eigenvalue weighted by Crippen LogP contribution is 2.22. The van der Waals surface area contributed by atoms with E-state index in [0.29, 0.717) is 6.54 Å². The largest absolute Gasteiger partial charge is 0.327 e. The Morgan fingerprint density at radius 2 is 2.33 bits per heavy atom. The molecule has 0 fully saturated rings. The van der Waals surface area contributed by atoms with Crippen LogP contribution in [0.3, 0.4) is 0 Å². The summed E-state index contributed by atoms with van der Waals surface area (Å²) in [6.45, 7) is 6.76. The number of nitrogens with two attached hydrogens (primary N) is 1. The molecule has 0 aliphatic heterocycles.